The van der Waals surface area contributed by atoms with Crippen LogP contribution in [0.4, 0.5) is 0 Å². The van der Waals surface area contributed by atoms with Gasteiger partial charge >= 0.3 is 5.97 Å². The van der Waals surface area contributed by atoms with Gasteiger partial charge in [0.05, 0.1) is 23.1 Å². The zero-order valence-corrected chi connectivity index (χ0v) is 18.7. The number of carbonyl (C=O) groups excluding carboxylic acids is 1. The molecule has 5 rings (SSSR count). The second-order valence-electron chi connectivity index (χ2n) is 8.51. The Hall–Kier alpha value is -3.32. The van der Waals surface area contributed by atoms with Crippen LogP contribution >= 0.6 is 0 Å². The molecule has 2 aliphatic rings. The topological polar surface area (TPSA) is 78.2 Å². The molecule has 172 valence electrons. The molecule has 0 radical (unpaired) electrons. The molecule has 0 saturated heterocycles. The van der Waals surface area contributed by atoms with Crippen LogP contribution in [-0.4, -0.2) is 30.2 Å². The van der Waals surface area contributed by atoms with Crippen molar-refractivity contribution >= 4 is 16.9 Å². The number of carbonyl (C=O) groups is 1. The van der Waals surface area contributed by atoms with Crippen LogP contribution in [-0.2, 0) is 11.3 Å². The maximum absolute atomic E-state index is 13.1. The summed E-state index contributed by atoms with van der Waals surface area (Å²) in [7, 11) is 0. The van der Waals surface area contributed by atoms with Gasteiger partial charge in [-0.2, -0.15) is 0 Å². The summed E-state index contributed by atoms with van der Waals surface area (Å²) in [6.07, 6.45) is 7.51. The number of nitrogens with zero attached hydrogens (tertiary/aromatic N) is 1. The van der Waals surface area contributed by atoms with E-state index in [0.29, 0.717) is 48.2 Å². The number of ether oxygens (including phenoxy) is 3. The van der Waals surface area contributed by atoms with Gasteiger partial charge in [0.25, 0.3) is 0 Å². The number of fused-ring (bicyclic) bond motifs is 3. The van der Waals surface area contributed by atoms with E-state index in [1.807, 2.05) is 6.07 Å². The fourth-order valence-electron chi connectivity index (χ4n) is 4.66. The minimum absolute atomic E-state index is 0.0900. The highest BCUT2D eigenvalue weighted by molar-refractivity contribution is 5.89. The molecule has 1 aliphatic carbocycles. The number of hydrogen-bond acceptors (Lipinski definition) is 7. The minimum Gasteiger partial charge on any atom is -0.478 e. The number of rotatable bonds is 5. The number of esters is 1. The van der Waals surface area contributed by atoms with Crippen LogP contribution < -0.4 is 14.9 Å². The lowest BCUT2D eigenvalue weighted by molar-refractivity contribution is 0.0406. The Morgan fingerprint density at radius 1 is 1.09 bits per heavy atom. The average Bonchev–Trinajstić information content (AvgIpc) is 2.86. The van der Waals surface area contributed by atoms with Gasteiger partial charge in [0, 0.05) is 12.6 Å². The molecule has 3 aromatic rings. The van der Waals surface area contributed by atoms with Crippen molar-refractivity contribution in [3.05, 3.63) is 64.0 Å². The molecular formula is C26H27NO6. The van der Waals surface area contributed by atoms with Crippen LogP contribution in [0.1, 0.15) is 54.9 Å². The molecule has 0 atom stereocenters. The van der Waals surface area contributed by atoms with Gasteiger partial charge in [0.1, 0.15) is 30.1 Å². The maximum Gasteiger partial charge on any atom is 0.338 e. The summed E-state index contributed by atoms with van der Waals surface area (Å²) in [6, 6.07) is 10.5. The third-order valence-corrected chi connectivity index (χ3v) is 6.40. The molecule has 1 aliphatic heterocycles. The van der Waals surface area contributed by atoms with Crippen LogP contribution in [0.2, 0.25) is 0 Å². The summed E-state index contributed by atoms with van der Waals surface area (Å²) in [6.45, 7) is 3.33. The quantitative estimate of drug-likeness (QED) is 0.493. The predicted molar refractivity (Wildman–Crippen MR) is 123 cm³/mol. The Labute approximate surface area is 191 Å². The van der Waals surface area contributed by atoms with E-state index in [2.05, 4.69) is 4.90 Å². The Balaban J connectivity index is 1.40. The monoisotopic (exact) mass is 449 g/mol. The summed E-state index contributed by atoms with van der Waals surface area (Å²) in [4.78, 5) is 27.3. The van der Waals surface area contributed by atoms with E-state index in [-0.39, 0.29) is 11.2 Å². The van der Waals surface area contributed by atoms with Crippen molar-refractivity contribution in [2.45, 2.75) is 51.6 Å². The summed E-state index contributed by atoms with van der Waals surface area (Å²) in [5.41, 5.74) is 1.63. The predicted octanol–water partition coefficient (Wildman–Crippen LogP) is 5.25. The van der Waals surface area contributed by atoms with Crippen molar-refractivity contribution in [1.82, 2.24) is 4.90 Å². The summed E-state index contributed by atoms with van der Waals surface area (Å²) in [5.74, 6) is 0.885. The first-order chi connectivity index (χ1) is 16.1. The van der Waals surface area contributed by atoms with Crippen molar-refractivity contribution in [2.75, 3.05) is 13.3 Å². The van der Waals surface area contributed by atoms with E-state index in [1.54, 1.807) is 37.3 Å². The fourth-order valence-corrected chi connectivity index (χ4v) is 4.66. The van der Waals surface area contributed by atoms with E-state index < -0.39 is 5.97 Å². The van der Waals surface area contributed by atoms with Crippen molar-refractivity contribution in [3.63, 3.8) is 0 Å². The normalized spacial score (nSPS) is 16.8. The molecule has 0 unspecified atom stereocenters. The first-order valence-electron chi connectivity index (χ1n) is 11.5. The van der Waals surface area contributed by atoms with Crippen molar-refractivity contribution in [1.29, 1.82) is 0 Å². The molecule has 1 aromatic heterocycles. The number of hydrogen-bond donors (Lipinski definition) is 0. The van der Waals surface area contributed by atoms with Gasteiger partial charge in [-0.05, 0) is 56.2 Å². The van der Waals surface area contributed by atoms with E-state index >= 15 is 0 Å². The van der Waals surface area contributed by atoms with Crippen molar-refractivity contribution < 1.29 is 23.4 Å². The molecule has 2 heterocycles. The van der Waals surface area contributed by atoms with Gasteiger partial charge in [0.15, 0.2) is 0 Å². The highest BCUT2D eigenvalue weighted by Crippen LogP contribution is 2.35. The number of benzene rings is 2. The molecule has 7 nitrogen and oxygen atoms in total. The van der Waals surface area contributed by atoms with Gasteiger partial charge in [-0.15, -0.1) is 0 Å². The van der Waals surface area contributed by atoms with E-state index in [1.165, 1.54) is 38.4 Å². The molecule has 0 N–H and O–H groups in total. The van der Waals surface area contributed by atoms with Gasteiger partial charge in [0.2, 0.25) is 11.2 Å². The molecule has 0 bridgehead atoms. The zero-order chi connectivity index (χ0) is 22.8. The highest BCUT2D eigenvalue weighted by atomic mass is 16.5. The first-order valence-corrected chi connectivity index (χ1v) is 11.5. The van der Waals surface area contributed by atoms with E-state index in [0.717, 1.165) is 11.3 Å². The molecule has 7 heteroatoms. The van der Waals surface area contributed by atoms with Crippen LogP contribution in [0.5, 0.6) is 17.2 Å². The van der Waals surface area contributed by atoms with Crippen LogP contribution in [0.25, 0.3) is 11.0 Å². The zero-order valence-electron chi connectivity index (χ0n) is 18.7. The van der Waals surface area contributed by atoms with Crippen LogP contribution in [0, 0.1) is 0 Å². The molecular weight excluding hydrogens is 422 g/mol. The lowest BCUT2D eigenvalue weighted by Crippen LogP contribution is -2.41. The second-order valence-corrected chi connectivity index (χ2v) is 8.51. The largest absolute Gasteiger partial charge is 0.478 e. The molecule has 33 heavy (non-hydrogen) atoms. The standard InChI is InChI=1S/C26H27NO6/c1-2-30-26(29)17-8-10-19(11-9-17)33-23-15-31-25-20(24(23)28)12-13-22-21(25)14-27(16-32-22)18-6-4-3-5-7-18/h8-13,15,18H,2-7,14,16H2,1H3. The molecule has 0 amide bonds. The van der Waals surface area contributed by atoms with Crippen LogP contribution in [0.3, 0.4) is 0 Å². The lowest BCUT2D eigenvalue weighted by atomic mass is 9.93. The smallest absolute Gasteiger partial charge is 0.338 e. The van der Waals surface area contributed by atoms with Crippen LogP contribution in [0.15, 0.2) is 51.9 Å². The third kappa shape index (κ3) is 4.33. The van der Waals surface area contributed by atoms with E-state index in [9.17, 15) is 9.59 Å². The van der Waals surface area contributed by atoms with Gasteiger partial charge in [-0.25, -0.2) is 4.79 Å². The molecule has 1 saturated carbocycles. The third-order valence-electron chi connectivity index (χ3n) is 6.40. The Morgan fingerprint density at radius 2 is 1.88 bits per heavy atom. The highest BCUT2D eigenvalue weighted by Gasteiger charge is 2.28. The Bertz CT molecular complexity index is 1210. The average molecular weight is 450 g/mol. The summed E-state index contributed by atoms with van der Waals surface area (Å²) in [5, 5.41) is 0.462. The fraction of sp³-hybridized carbons (Fsp3) is 0.385. The van der Waals surface area contributed by atoms with Gasteiger partial charge in [-0.1, -0.05) is 19.3 Å². The summed E-state index contributed by atoms with van der Waals surface area (Å²) >= 11 is 0. The molecule has 0 spiro atoms. The Morgan fingerprint density at radius 3 is 2.64 bits per heavy atom. The Kier molecular flexibility index (Phi) is 6.05. The lowest BCUT2D eigenvalue weighted by Gasteiger charge is -2.37. The maximum atomic E-state index is 13.1. The molecule has 2 aromatic carbocycles. The first kappa shape index (κ1) is 21.5. The van der Waals surface area contributed by atoms with E-state index in [4.69, 9.17) is 18.6 Å². The van der Waals surface area contributed by atoms with Crippen molar-refractivity contribution in [2.24, 2.45) is 0 Å². The van der Waals surface area contributed by atoms with Crippen molar-refractivity contribution in [3.8, 4) is 17.2 Å². The molecule has 1 fully saturated rings. The SMILES string of the molecule is CCOC(=O)c1ccc(Oc2coc3c4c(ccc3c2=O)OCN(C2CCCCC2)C4)cc1. The second kappa shape index (κ2) is 9.27. The van der Waals surface area contributed by atoms with Gasteiger partial charge in [-0.3, -0.25) is 9.69 Å². The van der Waals surface area contributed by atoms with Gasteiger partial charge < -0.3 is 18.6 Å². The summed E-state index contributed by atoms with van der Waals surface area (Å²) < 4.78 is 22.7. The minimum atomic E-state index is -0.400.